The van der Waals surface area contributed by atoms with Crippen LogP contribution < -0.4 is 23.8 Å². The lowest BCUT2D eigenvalue weighted by Crippen LogP contribution is -2.48. The third kappa shape index (κ3) is 4.93. The summed E-state index contributed by atoms with van der Waals surface area (Å²) >= 11 is 0. The van der Waals surface area contributed by atoms with Crippen LogP contribution in [0.25, 0.3) is 0 Å². The van der Waals surface area contributed by atoms with Crippen LogP contribution >= 0.6 is 0 Å². The van der Waals surface area contributed by atoms with E-state index >= 15 is 0 Å². The molecule has 1 amide bonds. The Morgan fingerprint density at radius 2 is 1.70 bits per heavy atom. The highest BCUT2D eigenvalue weighted by molar-refractivity contribution is 7.92. The van der Waals surface area contributed by atoms with Gasteiger partial charge in [0.25, 0.3) is 0 Å². The fourth-order valence-corrected chi connectivity index (χ4v) is 4.22. The maximum atomic E-state index is 14.2. The maximum absolute atomic E-state index is 14.2. The van der Waals surface area contributed by atoms with Crippen molar-refractivity contribution in [1.29, 1.82) is 0 Å². The van der Waals surface area contributed by atoms with Crippen molar-refractivity contribution in [3.8, 4) is 17.2 Å². The number of hydrogen-bond acceptors (Lipinski definition) is 6. The lowest BCUT2D eigenvalue weighted by molar-refractivity contribution is -0.122. The number of halogens is 1. The number of benzene rings is 2. The third-order valence-corrected chi connectivity index (χ3v) is 5.64. The Labute approximate surface area is 175 Å². The predicted molar refractivity (Wildman–Crippen MR) is 111 cm³/mol. The normalized spacial score (nSPS) is 12.1. The molecule has 0 aliphatic heterocycles. The van der Waals surface area contributed by atoms with E-state index in [1.165, 1.54) is 46.5 Å². The second-order valence-electron chi connectivity index (χ2n) is 6.40. The lowest BCUT2D eigenvalue weighted by Gasteiger charge is -2.28. The number of para-hydroxylation sites is 1. The van der Waals surface area contributed by atoms with Gasteiger partial charge in [-0.3, -0.25) is 9.10 Å². The van der Waals surface area contributed by atoms with Gasteiger partial charge in [-0.1, -0.05) is 12.1 Å². The summed E-state index contributed by atoms with van der Waals surface area (Å²) < 4.78 is 55.5. The molecule has 0 aromatic heterocycles. The molecular weight excluding hydrogens is 415 g/mol. The Morgan fingerprint density at radius 3 is 2.23 bits per heavy atom. The van der Waals surface area contributed by atoms with Crippen molar-refractivity contribution in [2.45, 2.75) is 19.5 Å². The first-order valence-electron chi connectivity index (χ1n) is 8.95. The number of ether oxygens (including phenoxy) is 3. The molecule has 30 heavy (non-hydrogen) atoms. The van der Waals surface area contributed by atoms with E-state index in [0.717, 1.165) is 16.6 Å². The van der Waals surface area contributed by atoms with Crippen molar-refractivity contribution >= 4 is 21.6 Å². The summed E-state index contributed by atoms with van der Waals surface area (Å²) in [5, 5.41) is 2.66. The molecular formula is C20H25FN2O6S. The minimum Gasteiger partial charge on any atom is -0.493 e. The molecule has 0 fully saturated rings. The minimum absolute atomic E-state index is 0.0293. The van der Waals surface area contributed by atoms with Crippen molar-refractivity contribution in [2.75, 3.05) is 31.9 Å². The number of nitrogens with zero attached hydrogens (tertiary/aromatic N) is 1. The molecule has 164 valence electrons. The number of hydrogen-bond donors (Lipinski definition) is 1. The molecule has 0 heterocycles. The van der Waals surface area contributed by atoms with Gasteiger partial charge in [-0.05, 0) is 31.2 Å². The fourth-order valence-electron chi connectivity index (χ4n) is 3.04. The zero-order chi connectivity index (χ0) is 22.5. The van der Waals surface area contributed by atoms with Crippen LogP contribution in [0, 0.1) is 5.82 Å². The number of methoxy groups -OCH3 is 3. The first-order valence-corrected chi connectivity index (χ1v) is 10.8. The van der Waals surface area contributed by atoms with Crippen LogP contribution in [0.5, 0.6) is 17.2 Å². The predicted octanol–water partition coefficient (Wildman–Crippen LogP) is 2.32. The van der Waals surface area contributed by atoms with E-state index in [2.05, 4.69) is 5.32 Å². The van der Waals surface area contributed by atoms with Crippen LogP contribution in [-0.4, -0.2) is 48.0 Å². The molecule has 1 N–H and O–H groups in total. The van der Waals surface area contributed by atoms with Crippen LogP contribution in [0.2, 0.25) is 0 Å². The molecule has 2 aromatic rings. The number of carbonyl (C=O) groups is 1. The number of nitrogens with one attached hydrogen (secondary N) is 1. The molecule has 1 unspecified atom stereocenters. The number of sulfonamides is 1. The SMILES string of the molecule is COc1ccc(CNC(=O)C(C)N(c2ccccc2F)S(C)(=O)=O)c(OC)c1OC. The Kier molecular flexibility index (Phi) is 7.49. The molecule has 1 atom stereocenters. The quantitative estimate of drug-likeness (QED) is 0.643. The van der Waals surface area contributed by atoms with Crippen LogP contribution in [0.1, 0.15) is 12.5 Å². The van der Waals surface area contributed by atoms with Crippen LogP contribution in [0.15, 0.2) is 36.4 Å². The summed E-state index contributed by atoms with van der Waals surface area (Å²) in [5.41, 5.74) is 0.388. The summed E-state index contributed by atoms with van der Waals surface area (Å²) in [6.45, 7) is 1.41. The topological polar surface area (TPSA) is 94.2 Å². The molecule has 0 saturated heterocycles. The molecule has 0 saturated carbocycles. The lowest BCUT2D eigenvalue weighted by atomic mass is 10.1. The molecule has 0 aliphatic carbocycles. The highest BCUT2D eigenvalue weighted by atomic mass is 32.2. The smallest absolute Gasteiger partial charge is 0.243 e. The second kappa shape index (κ2) is 9.66. The van der Waals surface area contributed by atoms with Gasteiger partial charge in [0, 0.05) is 12.1 Å². The molecule has 8 nitrogen and oxygen atoms in total. The number of anilines is 1. The highest BCUT2D eigenvalue weighted by Crippen LogP contribution is 2.39. The van der Waals surface area contributed by atoms with Crippen LogP contribution in [0.4, 0.5) is 10.1 Å². The molecule has 0 radical (unpaired) electrons. The molecule has 0 bridgehead atoms. The Morgan fingerprint density at radius 1 is 1.07 bits per heavy atom. The van der Waals surface area contributed by atoms with Gasteiger partial charge in [0.05, 0.1) is 33.3 Å². The fraction of sp³-hybridized carbons (Fsp3) is 0.350. The molecule has 10 heteroatoms. The first kappa shape index (κ1) is 23.3. The zero-order valence-electron chi connectivity index (χ0n) is 17.4. The minimum atomic E-state index is -3.93. The van der Waals surface area contributed by atoms with E-state index in [1.54, 1.807) is 12.1 Å². The summed E-state index contributed by atoms with van der Waals surface area (Å²) in [5.74, 6) is -0.159. The van der Waals surface area contributed by atoms with Gasteiger partial charge in [0.15, 0.2) is 11.5 Å². The van der Waals surface area contributed by atoms with E-state index in [1.807, 2.05) is 0 Å². The molecule has 2 rings (SSSR count). The first-order chi connectivity index (χ1) is 14.1. The van der Waals surface area contributed by atoms with Crippen LogP contribution in [-0.2, 0) is 21.4 Å². The number of rotatable bonds is 9. The van der Waals surface area contributed by atoms with E-state index in [-0.39, 0.29) is 12.2 Å². The zero-order valence-corrected chi connectivity index (χ0v) is 18.2. The number of amides is 1. The van der Waals surface area contributed by atoms with Gasteiger partial charge in [0.2, 0.25) is 21.7 Å². The van der Waals surface area contributed by atoms with Crippen molar-refractivity contribution in [1.82, 2.24) is 5.32 Å². The van der Waals surface area contributed by atoms with Gasteiger partial charge in [-0.2, -0.15) is 0 Å². The third-order valence-electron chi connectivity index (χ3n) is 4.42. The van der Waals surface area contributed by atoms with E-state index in [4.69, 9.17) is 14.2 Å². The number of carbonyl (C=O) groups excluding carboxylic acids is 1. The van der Waals surface area contributed by atoms with E-state index in [0.29, 0.717) is 22.8 Å². The molecule has 0 spiro atoms. The monoisotopic (exact) mass is 440 g/mol. The van der Waals surface area contributed by atoms with E-state index < -0.39 is 27.8 Å². The maximum Gasteiger partial charge on any atom is 0.243 e. The average Bonchev–Trinajstić information content (AvgIpc) is 2.71. The summed E-state index contributed by atoms with van der Waals surface area (Å²) in [6.07, 6.45) is 0.917. The van der Waals surface area contributed by atoms with E-state index in [9.17, 15) is 17.6 Å². The Balaban J connectivity index is 2.28. The second-order valence-corrected chi connectivity index (χ2v) is 8.26. The summed E-state index contributed by atoms with van der Waals surface area (Å²) in [7, 11) is 0.475. The largest absolute Gasteiger partial charge is 0.493 e. The van der Waals surface area contributed by atoms with Crippen LogP contribution in [0.3, 0.4) is 0 Å². The van der Waals surface area contributed by atoms with Gasteiger partial charge >= 0.3 is 0 Å². The van der Waals surface area contributed by atoms with Gasteiger partial charge in [-0.15, -0.1) is 0 Å². The van der Waals surface area contributed by atoms with Crippen molar-refractivity contribution < 1.29 is 31.8 Å². The van der Waals surface area contributed by atoms with Crippen molar-refractivity contribution in [3.05, 3.63) is 47.8 Å². The standard InChI is InChI=1S/C20H25FN2O6S/c1-13(23(30(5,25)26)16-9-7-6-8-15(16)21)20(24)22-12-14-10-11-17(27-2)19(29-4)18(14)28-3/h6-11,13H,12H2,1-5H3,(H,22,24). The van der Waals surface area contributed by atoms with Gasteiger partial charge in [0.1, 0.15) is 11.9 Å². The summed E-state index contributed by atoms with van der Waals surface area (Å²) in [6, 6.07) is 7.53. The van der Waals surface area contributed by atoms with Gasteiger partial charge < -0.3 is 19.5 Å². The highest BCUT2D eigenvalue weighted by Gasteiger charge is 2.31. The molecule has 0 aliphatic rings. The van der Waals surface area contributed by atoms with Crippen molar-refractivity contribution in [3.63, 3.8) is 0 Å². The Bertz CT molecular complexity index is 1010. The Hall–Kier alpha value is -3.01. The molecule has 2 aromatic carbocycles. The summed E-state index contributed by atoms with van der Waals surface area (Å²) in [4.78, 5) is 12.7. The van der Waals surface area contributed by atoms with Gasteiger partial charge in [-0.25, -0.2) is 12.8 Å². The van der Waals surface area contributed by atoms with Crippen molar-refractivity contribution in [2.24, 2.45) is 0 Å². The average molecular weight is 440 g/mol.